The normalized spacial score (nSPS) is 22.0. The standard InChI is InChI=1S/C11H16ClN3O2S/c1-8-6-17-4-3-15(8)10-5-9(7-18(2)16)13-11(12)14-10/h5,8H,3-4,6-7H2,1-2H3/t8-,18-/m1/s1. The van der Waals surface area contributed by atoms with Crippen LogP contribution in [0, 0.1) is 0 Å². The fourth-order valence-electron chi connectivity index (χ4n) is 1.95. The van der Waals surface area contributed by atoms with Gasteiger partial charge in [-0.25, -0.2) is 9.97 Å². The van der Waals surface area contributed by atoms with E-state index in [9.17, 15) is 4.55 Å². The highest BCUT2D eigenvalue weighted by molar-refractivity contribution is 7.89. The number of morpholine rings is 1. The molecule has 0 unspecified atom stereocenters. The van der Waals surface area contributed by atoms with Crippen LogP contribution >= 0.6 is 11.6 Å². The van der Waals surface area contributed by atoms with Crippen LogP contribution in [0.5, 0.6) is 0 Å². The summed E-state index contributed by atoms with van der Waals surface area (Å²) in [5.41, 5.74) is 0.713. The average molecular weight is 290 g/mol. The van der Waals surface area contributed by atoms with Gasteiger partial charge in [0.15, 0.2) is 0 Å². The van der Waals surface area contributed by atoms with Gasteiger partial charge in [0.05, 0.1) is 31.2 Å². The molecule has 1 aromatic rings. The van der Waals surface area contributed by atoms with Gasteiger partial charge in [0.2, 0.25) is 5.28 Å². The Bertz CT molecular complexity index is 419. The third-order valence-corrected chi connectivity index (χ3v) is 3.62. The molecule has 0 amide bonds. The monoisotopic (exact) mass is 289 g/mol. The molecular weight excluding hydrogens is 274 g/mol. The minimum absolute atomic E-state index is 0.201. The highest BCUT2D eigenvalue weighted by atomic mass is 35.5. The molecular formula is C11H16ClN3O2S. The first kappa shape index (κ1) is 13.9. The number of nitrogens with zero attached hydrogens (tertiary/aromatic N) is 3. The zero-order valence-corrected chi connectivity index (χ0v) is 12.0. The summed E-state index contributed by atoms with van der Waals surface area (Å²) in [6, 6.07) is 2.11. The summed E-state index contributed by atoms with van der Waals surface area (Å²) < 4.78 is 16.6. The van der Waals surface area contributed by atoms with E-state index in [1.54, 1.807) is 6.26 Å². The number of ether oxygens (including phenoxy) is 1. The van der Waals surface area contributed by atoms with Crippen LogP contribution in [-0.4, -0.2) is 46.6 Å². The molecule has 0 aromatic carbocycles. The van der Waals surface area contributed by atoms with Crippen molar-refractivity contribution in [2.45, 2.75) is 18.7 Å². The molecule has 0 radical (unpaired) electrons. The Balaban J connectivity index is 2.23. The molecule has 7 heteroatoms. The van der Waals surface area contributed by atoms with Gasteiger partial charge in [0, 0.05) is 12.6 Å². The van der Waals surface area contributed by atoms with Crippen molar-refractivity contribution in [3.8, 4) is 0 Å². The molecule has 0 bridgehead atoms. The summed E-state index contributed by atoms with van der Waals surface area (Å²) in [5.74, 6) is 1.18. The molecule has 0 aliphatic carbocycles. The van der Waals surface area contributed by atoms with E-state index in [2.05, 4.69) is 21.8 Å². The van der Waals surface area contributed by atoms with Crippen molar-refractivity contribution in [1.82, 2.24) is 9.97 Å². The third-order valence-electron chi connectivity index (χ3n) is 2.75. The second kappa shape index (κ2) is 6.06. The third kappa shape index (κ3) is 3.47. The molecule has 0 saturated carbocycles. The molecule has 0 N–H and O–H groups in total. The average Bonchev–Trinajstić information content (AvgIpc) is 2.27. The predicted molar refractivity (Wildman–Crippen MR) is 72.4 cm³/mol. The Hall–Kier alpha value is -0.560. The second-order valence-electron chi connectivity index (χ2n) is 4.32. The first-order valence-electron chi connectivity index (χ1n) is 5.74. The van der Waals surface area contributed by atoms with Gasteiger partial charge in [0.1, 0.15) is 11.6 Å². The van der Waals surface area contributed by atoms with Gasteiger partial charge in [-0.15, -0.1) is 0 Å². The van der Waals surface area contributed by atoms with E-state index in [0.29, 0.717) is 24.7 Å². The van der Waals surface area contributed by atoms with Crippen molar-refractivity contribution in [1.29, 1.82) is 0 Å². The fourth-order valence-corrected chi connectivity index (χ4v) is 2.71. The van der Waals surface area contributed by atoms with Crippen molar-refractivity contribution in [2.24, 2.45) is 0 Å². The molecule has 1 fully saturated rings. The lowest BCUT2D eigenvalue weighted by atomic mass is 10.2. The quantitative estimate of drug-likeness (QED) is 0.619. The van der Waals surface area contributed by atoms with E-state index in [-0.39, 0.29) is 11.3 Å². The van der Waals surface area contributed by atoms with Crippen LogP contribution < -0.4 is 4.90 Å². The molecule has 1 aromatic heterocycles. The molecule has 2 rings (SSSR count). The Kier molecular flexibility index (Phi) is 4.66. The van der Waals surface area contributed by atoms with Crippen LogP contribution in [0.4, 0.5) is 5.82 Å². The van der Waals surface area contributed by atoms with Crippen LogP contribution in [0.15, 0.2) is 6.07 Å². The Morgan fingerprint density at radius 1 is 1.61 bits per heavy atom. The van der Waals surface area contributed by atoms with Gasteiger partial charge < -0.3 is 14.2 Å². The topological polar surface area (TPSA) is 61.3 Å². The van der Waals surface area contributed by atoms with Gasteiger partial charge in [-0.1, -0.05) is 11.2 Å². The smallest absolute Gasteiger partial charge is 0.224 e. The van der Waals surface area contributed by atoms with Gasteiger partial charge >= 0.3 is 0 Å². The van der Waals surface area contributed by atoms with Crippen molar-refractivity contribution < 1.29 is 9.29 Å². The van der Waals surface area contributed by atoms with E-state index < -0.39 is 11.2 Å². The minimum Gasteiger partial charge on any atom is -0.616 e. The molecule has 0 spiro atoms. The van der Waals surface area contributed by atoms with Crippen molar-refractivity contribution in [3.63, 3.8) is 0 Å². The van der Waals surface area contributed by atoms with Crippen LogP contribution in [0.1, 0.15) is 12.6 Å². The summed E-state index contributed by atoms with van der Waals surface area (Å²) in [5, 5.41) is 0.201. The van der Waals surface area contributed by atoms with Crippen molar-refractivity contribution in [3.05, 3.63) is 17.0 Å². The van der Waals surface area contributed by atoms with Gasteiger partial charge in [0.25, 0.3) is 0 Å². The number of rotatable bonds is 3. The van der Waals surface area contributed by atoms with E-state index in [1.807, 2.05) is 6.07 Å². The summed E-state index contributed by atoms with van der Waals surface area (Å²) in [4.78, 5) is 10.5. The molecule has 1 aliphatic rings. The zero-order valence-electron chi connectivity index (χ0n) is 10.4. The number of aromatic nitrogens is 2. The lowest BCUT2D eigenvalue weighted by Crippen LogP contribution is -2.44. The number of hydrogen-bond donors (Lipinski definition) is 0. The SMILES string of the molecule is C[C@@H]1COCCN1c1cc(C[S@@+](C)[O-])nc(Cl)n1. The lowest BCUT2D eigenvalue weighted by molar-refractivity contribution is 0.0985. The van der Waals surface area contributed by atoms with Crippen LogP contribution in [0.25, 0.3) is 0 Å². The largest absolute Gasteiger partial charge is 0.616 e. The maximum atomic E-state index is 11.3. The molecule has 2 heterocycles. The number of anilines is 1. The fraction of sp³-hybridized carbons (Fsp3) is 0.636. The Morgan fingerprint density at radius 3 is 3.06 bits per heavy atom. The van der Waals surface area contributed by atoms with Crippen LogP contribution in [0.2, 0.25) is 5.28 Å². The Morgan fingerprint density at radius 2 is 2.39 bits per heavy atom. The number of hydrogen-bond acceptors (Lipinski definition) is 5. The molecule has 2 atom stereocenters. The maximum absolute atomic E-state index is 11.3. The summed E-state index contributed by atoms with van der Waals surface area (Å²) in [7, 11) is 0. The highest BCUT2D eigenvalue weighted by Gasteiger charge is 2.21. The maximum Gasteiger partial charge on any atom is 0.224 e. The molecule has 5 nitrogen and oxygen atoms in total. The van der Waals surface area contributed by atoms with E-state index in [0.717, 1.165) is 12.4 Å². The van der Waals surface area contributed by atoms with E-state index in [1.165, 1.54) is 0 Å². The summed E-state index contributed by atoms with van der Waals surface area (Å²) in [6.45, 7) is 4.22. The Labute approximate surface area is 115 Å². The lowest BCUT2D eigenvalue weighted by Gasteiger charge is -2.34. The van der Waals surface area contributed by atoms with E-state index in [4.69, 9.17) is 16.3 Å². The summed E-state index contributed by atoms with van der Waals surface area (Å²) in [6.07, 6.45) is 1.65. The zero-order chi connectivity index (χ0) is 13.1. The minimum atomic E-state index is -0.939. The van der Waals surface area contributed by atoms with Gasteiger partial charge in [-0.05, 0) is 18.5 Å². The van der Waals surface area contributed by atoms with Crippen LogP contribution in [-0.2, 0) is 21.7 Å². The highest BCUT2D eigenvalue weighted by Crippen LogP contribution is 2.20. The van der Waals surface area contributed by atoms with Gasteiger partial charge in [-0.3, -0.25) is 0 Å². The van der Waals surface area contributed by atoms with E-state index >= 15 is 0 Å². The molecule has 100 valence electrons. The molecule has 18 heavy (non-hydrogen) atoms. The van der Waals surface area contributed by atoms with Gasteiger partial charge in [-0.2, -0.15) is 0 Å². The van der Waals surface area contributed by atoms with Crippen molar-refractivity contribution >= 4 is 28.6 Å². The van der Waals surface area contributed by atoms with Crippen LogP contribution in [0.3, 0.4) is 0 Å². The first-order valence-corrected chi connectivity index (χ1v) is 7.84. The first-order chi connectivity index (χ1) is 8.56. The second-order valence-corrected chi connectivity index (χ2v) is 6.09. The predicted octanol–water partition coefficient (Wildman–Crippen LogP) is 1.23. The van der Waals surface area contributed by atoms with Crippen molar-refractivity contribution in [2.75, 3.05) is 30.9 Å². The molecule has 1 aliphatic heterocycles. The molecule has 1 saturated heterocycles. The summed E-state index contributed by atoms with van der Waals surface area (Å²) >= 11 is 4.98. The number of halogens is 1.